The lowest BCUT2D eigenvalue weighted by Crippen LogP contribution is -2.12. The van der Waals surface area contributed by atoms with E-state index in [1.165, 1.54) is 0 Å². The van der Waals surface area contributed by atoms with E-state index in [4.69, 9.17) is 4.74 Å². The maximum atomic E-state index is 11.6. The number of hydrogen-bond acceptors (Lipinski definition) is 4. The molecular formula is C13H14N2O3. The van der Waals surface area contributed by atoms with Gasteiger partial charge in [0.05, 0.1) is 24.1 Å². The Labute approximate surface area is 104 Å². The molecule has 0 radical (unpaired) electrons. The molecule has 0 atom stereocenters. The zero-order valence-electron chi connectivity index (χ0n) is 10.1. The third-order valence-corrected chi connectivity index (χ3v) is 2.65. The molecule has 1 aromatic heterocycles. The Hall–Kier alpha value is -2.17. The van der Waals surface area contributed by atoms with E-state index < -0.39 is 0 Å². The van der Waals surface area contributed by atoms with Crippen molar-refractivity contribution in [2.45, 2.75) is 19.8 Å². The van der Waals surface area contributed by atoms with Gasteiger partial charge in [0.1, 0.15) is 0 Å². The average Bonchev–Trinajstić information content (AvgIpc) is 2.39. The number of aryl methyl sites for hydroxylation is 1. The Morgan fingerprint density at radius 2 is 2.06 bits per heavy atom. The SMILES string of the molecule is CCOC(=O)CCc1n[nH]c(=O)c2ccccc12. The number of esters is 1. The number of nitrogens with one attached hydrogen (secondary N) is 1. The lowest BCUT2D eigenvalue weighted by Gasteiger charge is -2.04. The molecule has 0 saturated carbocycles. The molecular weight excluding hydrogens is 232 g/mol. The van der Waals surface area contributed by atoms with Gasteiger partial charge in [0.15, 0.2) is 0 Å². The first kappa shape index (κ1) is 12.3. The van der Waals surface area contributed by atoms with Crippen LogP contribution in [0.4, 0.5) is 0 Å². The average molecular weight is 246 g/mol. The molecule has 0 fully saturated rings. The molecule has 0 spiro atoms. The van der Waals surface area contributed by atoms with Gasteiger partial charge in [-0.3, -0.25) is 9.59 Å². The van der Waals surface area contributed by atoms with E-state index >= 15 is 0 Å². The van der Waals surface area contributed by atoms with Gasteiger partial charge < -0.3 is 4.74 Å². The molecule has 94 valence electrons. The van der Waals surface area contributed by atoms with Gasteiger partial charge in [0.2, 0.25) is 0 Å². The van der Waals surface area contributed by atoms with Crippen molar-refractivity contribution in [2.24, 2.45) is 0 Å². The molecule has 2 aromatic rings. The van der Waals surface area contributed by atoms with E-state index in [2.05, 4.69) is 10.2 Å². The largest absolute Gasteiger partial charge is 0.466 e. The van der Waals surface area contributed by atoms with Crippen LogP contribution in [-0.4, -0.2) is 22.8 Å². The smallest absolute Gasteiger partial charge is 0.306 e. The van der Waals surface area contributed by atoms with Crippen LogP contribution in [0.1, 0.15) is 19.0 Å². The first-order valence-electron chi connectivity index (χ1n) is 5.84. The van der Waals surface area contributed by atoms with Gasteiger partial charge in [-0.25, -0.2) is 5.10 Å². The van der Waals surface area contributed by atoms with Crippen molar-refractivity contribution in [3.63, 3.8) is 0 Å². The van der Waals surface area contributed by atoms with Crippen LogP contribution in [0.3, 0.4) is 0 Å². The monoisotopic (exact) mass is 246 g/mol. The van der Waals surface area contributed by atoms with Crippen LogP contribution in [0.5, 0.6) is 0 Å². The number of ether oxygens (including phenoxy) is 1. The van der Waals surface area contributed by atoms with Crippen LogP contribution in [0.15, 0.2) is 29.1 Å². The molecule has 0 aliphatic heterocycles. The summed E-state index contributed by atoms with van der Waals surface area (Å²) in [5, 5.41) is 7.81. The van der Waals surface area contributed by atoms with Crippen molar-refractivity contribution in [1.82, 2.24) is 10.2 Å². The summed E-state index contributed by atoms with van der Waals surface area (Å²) in [5.74, 6) is -0.255. The maximum Gasteiger partial charge on any atom is 0.306 e. The molecule has 1 N–H and O–H groups in total. The summed E-state index contributed by atoms with van der Waals surface area (Å²) in [5.41, 5.74) is 0.490. The molecule has 5 heteroatoms. The fourth-order valence-electron chi connectivity index (χ4n) is 1.82. The number of nitrogens with zero attached hydrogens (tertiary/aromatic N) is 1. The molecule has 2 rings (SSSR count). The lowest BCUT2D eigenvalue weighted by atomic mass is 10.1. The van der Waals surface area contributed by atoms with Crippen LogP contribution < -0.4 is 5.56 Å². The molecule has 1 heterocycles. The Morgan fingerprint density at radius 1 is 1.33 bits per heavy atom. The fourth-order valence-corrected chi connectivity index (χ4v) is 1.82. The minimum atomic E-state index is -0.255. The third-order valence-electron chi connectivity index (χ3n) is 2.65. The summed E-state index contributed by atoms with van der Waals surface area (Å²) in [6.45, 7) is 2.14. The van der Waals surface area contributed by atoms with E-state index in [9.17, 15) is 9.59 Å². The normalized spacial score (nSPS) is 10.5. The molecule has 18 heavy (non-hydrogen) atoms. The molecule has 0 aliphatic rings. The Bertz CT molecular complexity index is 619. The van der Waals surface area contributed by atoms with Crippen molar-refractivity contribution >= 4 is 16.7 Å². The predicted octanol–water partition coefficient (Wildman–Crippen LogP) is 1.42. The van der Waals surface area contributed by atoms with Gasteiger partial charge in [-0.05, 0) is 13.0 Å². The van der Waals surface area contributed by atoms with Gasteiger partial charge in [-0.1, -0.05) is 18.2 Å². The Kier molecular flexibility index (Phi) is 3.72. The van der Waals surface area contributed by atoms with Crippen molar-refractivity contribution in [3.8, 4) is 0 Å². The van der Waals surface area contributed by atoms with Crippen LogP contribution in [-0.2, 0) is 16.0 Å². The van der Waals surface area contributed by atoms with E-state index in [1.807, 2.05) is 12.1 Å². The van der Waals surface area contributed by atoms with E-state index in [-0.39, 0.29) is 17.9 Å². The standard InChI is InChI=1S/C13H14N2O3/c1-2-18-12(16)8-7-11-9-5-3-4-6-10(9)13(17)15-14-11/h3-6H,2,7-8H2,1H3,(H,15,17). The van der Waals surface area contributed by atoms with Crippen LogP contribution in [0.2, 0.25) is 0 Å². The molecule has 0 amide bonds. The zero-order valence-corrected chi connectivity index (χ0v) is 10.1. The zero-order chi connectivity index (χ0) is 13.0. The second-order valence-electron chi connectivity index (χ2n) is 3.85. The molecule has 0 bridgehead atoms. The minimum absolute atomic E-state index is 0.217. The molecule has 5 nitrogen and oxygen atoms in total. The van der Waals surface area contributed by atoms with Gasteiger partial charge in [0, 0.05) is 11.8 Å². The molecule has 0 saturated heterocycles. The number of aromatic amines is 1. The highest BCUT2D eigenvalue weighted by molar-refractivity contribution is 5.83. The summed E-state index contributed by atoms with van der Waals surface area (Å²) < 4.78 is 4.86. The van der Waals surface area contributed by atoms with Crippen LogP contribution in [0.25, 0.3) is 10.8 Å². The second-order valence-corrected chi connectivity index (χ2v) is 3.85. The first-order chi connectivity index (χ1) is 8.72. The highest BCUT2D eigenvalue weighted by atomic mass is 16.5. The van der Waals surface area contributed by atoms with Gasteiger partial charge in [-0.15, -0.1) is 0 Å². The van der Waals surface area contributed by atoms with Crippen molar-refractivity contribution < 1.29 is 9.53 Å². The summed E-state index contributed by atoms with van der Waals surface area (Å²) in [6, 6.07) is 7.21. The number of hydrogen-bond donors (Lipinski definition) is 1. The summed E-state index contributed by atoms with van der Waals surface area (Å²) in [4.78, 5) is 22.9. The number of rotatable bonds is 4. The van der Waals surface area contributed by atoms with Gasteiger partial charge in [0.25, 0.3) is 5.56 Å². The van der Waals surface area contributed by atoms with Crippen molar-refractivity contribution in [3.05, 3.63) is 40.3 Å². The summed E-state index contributed by atoms with van der Waals surface area (Å²) >= 11 is 0. The highest BCUT2D eigenvalue weighted by Gasteiger charge is 2.08. The van der Waals surface area contributed by atoms with Crippen LogP contribution in [0, 0.1) is 0 Å². The summed E-state index contributed by atoms with van der Waals surface area (Å²) in [7, 11) is 0. The highest BCUT2D eigenvalue weighted by Crippen LogP contribution is 2.13. The van der Waals surface area contributed by atoms with Crippen molar-refractivity contribution in [1.29, 1.82) is 0 Å². The fraction of sp³-hybridized carbons (Fsp3) is 0.308. The lowest BCUT2D eigenvalue weighted by molar-refractivity contribution is -0.143. The van der Waals surface area contributed by atoms with Crippen molar-refractivity contribution in [2.75, 3.05) is 6.61 Å². The summed E-state index contributed by atoms with van der Waals surface area (Å²) in [6.07, 6.45) is 0.715. The Morgan fingerprint density at radius 3 is 2.78 bits per heavy atom. The maximum absolute atomic E-state index is 11.6. The number of H-pyrrole nitrogens is 1. The number of fused-ring (bicyclic) bond motifs is 1. The quantitative estimate of drug-likeness (QED) is 0.828. The van der Waals surface area contributed by atoms with E-state index in [0.29, 0.717) is 24.1 Å². The van der Waals surface area contributed by atoms with E-state index in [0.717, 1.165) is 5.39 Å². The molecule has 1 aromatic carbocycles. The number of carbonyl (C=O) groups is 1. The Balaban J connectivity index is 2.26. The minimum Gasteiger partial charge on any atom is -0.466 e. The molecule has 0 unspecified atom stereocenters. The number of aromatic nitrogens is 2. The number of benzene rings is 1. The predicted molar refractivity (Wildman–Crippen MR) is 67.3 cm³/mol. The second kappa shape index (κ2) is 5.44. The topological polar surface area (TPSA) is 72.0 Å². The van der Waals surface area contributed by atoms with Gasteiger partial charge in [-0.2, -0.15) is 5.10 Å². The van der Waals surface area contributed by atoms with E-state index in [1.54, 1.807) is 19.1 Å². The first-order valence-corrected chi connectivity index (χ1v) is 5.84. The van der Waals surface area contributed by atoms with Crippen LogP contribution >= 0.6 is 0 Å². The number of carbonyl (C=O) groups excluding carboxylic acids is 1. The molecule has 0 aliphatic carbocycles. The third kappa shape index (κ3) is 2.56. The van der Waals surface area contributed by atoms with Gasteiger partial charge >= 0.3 is 5.97 Å².